The second-order valence-corrected chi connectivity index (χ2v) is 7.19. The number of fused-ring (bicyclic) bond motifs is 1. The van der Waals surface area contributed by atoms with E-state index in [0.717, 1.165) is 18.2 Å². The van der Waals surface area contributed by atoms with Crippen LogP contribution in [0, 0.1) is 0 Å². The van der Waals surface area contributed by atoms with Gasteiger partial charge in [0.25, 0.3) is 10.0 Å². The van der Waals surface area contributed by atoms with Crippen LogP contribution in [0.3, 0.4) is 0 Å². The minimum atomic E-state index is -3.69. The summed E-state index contributed by atoms with van der Waals surface area (Å²) in [6.45, 7) is 3.90. The predicted octanol–water partition coefficient (Wildman–Crippen LogP) is 1.80. The van der Waals surface area contributed by atoms with Crippen LogP contribution in [0.4, 0.5) is 5.69 Å². The first-order valence-corrected chi connectivity index (χ1v) is 8.98. The molecule has 21 heavy (non-hydrogen) atoms. The Morgan fingerprint density at radius 2 is 2.14 bits per heavy atom. The number of thioether (sulfide) groups is 1. The molecule has 0 radical (unpaired) electrons. The van der Waals surface area contributed by atoms with Crippen molar-refractivity contribution in [1.29, 1.82) is 0 Å². The van der Waals surface area contributed by atoms with Gasteiger partial charge in [0, 0.05) is 6.04 Å². The second-order valence-electron chi connectivity index (χ2n) is 4.66. The number of nitrogens with one attached hydrogen (secondary N) is 2. The maximum Gasteiger partial charge on any atom is 0.286 e. The first-order valence-electron chi connectivity index (χ1n) is 6.55. The van der Waals surface area contributed by atoms with Crippen LogP contribution in [0.5, 0.6) is 0 Å². The van der Waals surface area contributed by atoms with Crippen molar-refractivity contribution in [1.82, 2.24) is 5.32 Å². The van der Waals surface area contributed by atoms with Gasteiger partial charge >= 0.3 is 0 Å². The minimum absolute atomic E-state index is 0.101. The topological polar surface area (TPSA) is 87.6 Å². The summed E-state index contributed by atoms with van der Waals surface area (Å²) < 4.78 is 27.7. The van der Waals surface area contributed by atoms with Gasteiger partial charge in [0.15, 0.2) is 5.17 Å². The number of rotatable bonds is 4. The number of carbonyl (C=O) groups is 1. The first-order chi connectivity index (χ1) is 9.92. The lowest BCUT2D eigenvalue weighted by Crippen LogP contribution is -2.34. The van der Waals surface area contributed by atoms with Crippen LogP contribution in [0.15, 0.2) is 33.6 Å². The molecule has 1 heterocycles. The highest BCUT2D eigenvalue weighted by Crippen LogP contribution is 2.28. The molecule has 114 valence electrons. The van der Waals surface area contributed by atoms with Crippen LogP contribution in [0.2, 0.25) is 0 Å². The van der Waals surface area contributed by atoms with E-state index >= 15 is 0 Å². The van der Waals surface area contributed by atoms with Gasteiger partial charge in [-0.25, -0.2) is 0 Å². The lowest BCUT2D eigenvalue weighted by molar-refractivity contribution is -0.119. The van der Waals surface area contributed by atoms with Crippen molar-refractivity contribution in [3.8, 4) is 0 Å². The Balaban J connectivity index is 2.04. The molecule has 1 unspecified atom stereocenters. The zero-order valence-corrected chi connectivity index (χ0v) is 13.4. The van der Waals surface area contributed by atoms with Crippen molar-refractivity contribution in [2.75, 3.05) is 11.1 Å². The Bertz CT molecular complexity index is 671. The molecule has 0 aliphatic carbocycles. The molecule has 0 fully saturated rings. The Kier molecular flexibility index (Phi) is 4.89. The molecule has 0 spiro atoms. The van der Waals surface area contributed by atoms with E-state index in [4.69, 9.17) is 0 Å². The van der Waals surface area contributed by atoms with Gasteiger partial charge in [-0.15, -0.1) is 4.40 Å². The number of nitrogens with zero attached hydrogens (tertiary/aromatic N) is 1. The number of hydrogen-bond donors (Lipinski definition) is 2. The molecule has 1 aliphatic heterocycles. The van der Waals surface area contributed by atoms with E-state index in [1.807, 2.05) is 13.8 Å². The minimum Gasteiger partial charge on any atom is -0.353 e. The standard InChI is InChI=1S/C13H17N3O3S2/c1-3-9(2)14-12(17)8-20-13-15-10-6-4-5-7-11(10)21(18,19)16-13/h4-7,9H,3,8H2,1-2H3,(H,14,17)(H,15,16). The third-order valence-corrected chi connectivity index (χ3v) is 5.29. The van der Waals surface area contributed by atoms with Crippen LogP contribution in [-0.2, 0) is 14.8 Å². The molecule has 2 rings (SSSR count). The quantitative estimate of drug-likeness (QED) is 0.880. The summed E-state index contributed by atoms with van der Waals surface area (Å²) in [6.07, 6.45) is 0.845. The van der Waals surface area contributed by atoms with Crippen LogP contribution in [0.1, 0.15) is 20.3 Å². The molecule has 8 heteroatoms. The zero-order valence-electron chi connectivity index (χ0n) is 11.8. The molecule has 6 nitrogen and oxygen atoms in total. The first kappa shape index (κ1) is 15.8. The average Bonchev–Trinajstić information content (AvgIpc) is 2.44. The van der Waals surface area contributed by atoms with E-state index < -0.39 is 10.0 Å². The highest BCUT2D eigenvalue weighted by Gasteiger charge is 2.24. The SMILES string of the molecule is CCC(C)NC(=O)CSC1=NS(=O)(=O)c2ccccc2N1. The van der Waals surface area contributed by atoms with Crippen molar-refractivity contribution in [2.24, 2.45) is 4.40 Å². The molecule has 2 N–H and O–H groups in total. The summed E-state index contributed by atoms with van der Waals surface area (Å²) in [7, 11) is -3.69. The van der Waals surface area contributed by atoms with Gasteiger partial charge in [-0.05, 0) is 25.5 Å². The summed E-state index contributed by atoms with van der Waals surface area (Å²) in [6, 6.07) is 6.65. The monoisotopic (exact) mass is 327 g/mol. The lowest BCUT2D eigenvalue weighted by Gasteiger charge is -2.17. The van der Waals surface area contributed by atoms with Crippen molar-refractivity contribution >= 4 is 38.5 Å². The van der Waals surface area contributed by atoms with E-state index in [1.165, 1.54) is 6.07 Å². The van der Waals surface area contributed by atoms with Gasteiger partial charge in [-0.2, -0.15) is 8.42 Å². The Hall–Kier alpha value is -1.54. The normalized spacial score (nSPS) is 17.1. The van der Waals surface area contributed by atoms with Crippen LogP contribution >= 0.6 is 11.8 Å². The number of hydrogen-bond acceptors (Lipinski definition) is 5. The maximum absolute atomic E-state index is 12.0. The van der Waals surface area contributed by atoms with E-state index in [2.05, 4.69) is 15.0 Å². The number of amides is 1. The highest BCUT2D eigenvalue weighted by molar-refractivity contribution is 8.15. The molecule has 0 aromatic heterocycles. The van der Waals surface area contributed by atoms with E-state index in [9.17, 15) is 13.2 Å². The summed E-state index contributed by atoms with van der Waals surface area (Å²) >= 11 is 1.07. The van der Waals surface area contributed by atoms with Gasteiger partial charge in [-0.1, -0.05) is 30.8 Å². The van der Waals surface area contributed by atoms with E-state index in [-0.39, 0.29) is 27.8 Å². The van der Waals surface area contributed by atoms with Gasteiger partial charge in [-0.3, -0.25) is 4.79 Å². The Morgan fingerprint density at radius 3 is 2.86 bits per heavy atom. The molecule has 1 aromatic carbocycles. The third kappa shape index (κ3) is 3.98. The fourth-order valence-electron chi connectivity index (χ4n) is 1.71. The van der Waals surface area contributed by atoms with E-state index in [0.29, 0.717) is 5.69 Å². The van der Waals surface area contributed by atoms with Crippen LogP contribution in [0.25, 0.3) is 0 Å². The average molecular weight is 327 g/mol. The van der Waals surface area contributed by atoms with Gasteiger partial charge in [0.1, 0.15) is 4.90 Å². The van der Waals surface area contributed by atoms with Crippen LogP contribution in [-0.4, -0.2) is 31.3 Å². The maximum atomic E-state index is 12.0. The Morgan fingerprint density at radius 1 is 1.43 bits per heavy atom. The smallest absolute Gasteiger partial charge is 0.286 e. The molecule has 1 atom stereocenters. The third-order valence-electron chi connectivity index (χ3n) is 2.97. The fourth-order valence-corrected chi connectivity index (χ4v) is 3.75. The van der Waals surface area contributed by atoms with Crippen molar-refractivity contribution in [3.63, 3.8) is 0 Å². The lowest BCUT2D eigenvalue weighted by atomic mass is 10.3. The van der Waals surface area contributed by atoms with Crippen molar-refractivity contribution in [3.05, 3.63) is 24.3 Å². The zero-order chi connectivity index (χ0) is 15.5. The molecular weight excluding hydrogens is 310 g/mol. The molecule has 1 aliphatic rings. The van der Waals surface area contributed by atoms with Crippen molar-refractivity contribution < 1.29 is 13.2 Å². The fraction of sp³-hybridized carbons (Fsp3) is 0.385. The summed E-state index contributed by atoms with van der Waals surface area (Å²) in [5, 5.41) is 5.96. The van der Waals surface area contributed by atoms with Crippen molar-refractivity contribution in [2.45, 2.75) is 31.2 Å². The van der Waals surface area contributed by atoms with Gasteiger partial charge < -0.3 is 10.6 Å². The molecule has 0 saturated heterocycles. The van der Waals surface area contributed by atoms with Gasteiger partial charge in [0.2, 0.25) is 5.91 Å². The molecule has 0 bridgehead atoms. The summed E-state index contributed by atoms with van der Waals surface area (Å²) in [5.74, 6) is -0.0245. The number of anilines is 1. The number of para-hydroxylation sites is 1. The van der Waals surface area contributed by atoms with E-state index in [1.54, 1.807) is 18.2 Å². The summed E-state index contributed by atoms with van der Waals surface area (Å²) in [5.41, 5.74) is 0.484. The summed E-state index contributed by atoms with van der Waals surface area (Å²) in [4.78, 5) is 11.8. The second kappa shape index (κ2) is 6.48. The molecule has 1 aromatic rings. The molecule has 0 saturated carbocycles. The number of carbonyl (C=O) groups excluding carboxylic acids is 1. The van der Waals surface area contributed by atoms with Gasteiger partial charge in [0.05, 0.1) is 11.4 Å². The molecule has 1 amide bonds. The Labute approximate surface area is 128 Å². The number of sulfonamides is 1. The number of amidine groups is 1. The highest BCUT2D eigenvalue weighted by atomic mass is 32.2. The largest absolute Gasteiger partial charge is 0.353 e. The number of benzene rings is 1. The molecular formula is C13H17N3O3S2. The van der Waals surface area contributed by atoms with Crippen LogP contribution < -0.4 is 10.6 Å². The predicted molar refractivity (Wildman–Crippen MR) is 85.0 cm³/mol.